The van der Waals surface area contributed by atoms with Crippen LogP contribution in [-0.2, 0) is 35.9 Å². The lowest BCUT2D eigenvalue weighted by Crippen LogP contribution is -2.31. The van der Waals surface area contributed by atoms with Gasteiger partial charge in [-0.15, -0.1) is 0 Å². The fourth-order valence-electron chi connectivity index (χ4n) is 5.05. The average molecular weight is 595 g/mol. The maximum atomic E-state index is 6.28. The molecule has 0 aliphatic carbocycles. The van der Waals surface area contributed by atoms with Crippen molar-refractivity contribution < 1.29 is 9.68 Å². The van der Waals surface area contributed by atoms with Crippen LogP contribution in [0.3, 0.4) is 0 Å². The van der Waals surface area contributed by atoms with E-state index in [0.717, 1.165) is 39.3 Å². The molecular weight excluding hydrogens is 544 g/mol. The van der Waals surface area contributed by atoms with Gasteiger partial charge < -0.3 is 0 Å². The molecule has 0 heterocycles. The summed E-state index contributed by atoms with van der Waals surface area (Å²) in [5.74, 6) is 0. The highest BCUT2D eigenvalue weighted by Gasteiger charge is 2.11. The van der Waals surface area contributed by atoms with Crippen LogP contribution in [0.15, 0.2) is 121 Å². The van der Waals surface area contributed by atoms with Gasteiger partial charge in [-0.05, 0) is 49.2 Å². The van der Waals surface area contributed by atoms with Crippen molar-refractivity contribution in [2.24, 2.45) is 0 Å². The third-order valence-corrected chi connectivity index (χ3v) is 7.56. The maximum absolute atomic E-state index is 6.28. The van der Waals surface area contributed by atoms with Gasteiger partial charge in [-0.1, -0.05) is 134 Å². The van der Waals surface area contributed by atoms with Crippen LogP contribution in [0.2, 0.25) is 0 Å². The smallest absolute Gasteiger partial charge is 0.121 e. The summed E-state index contributed by atoms with van der Waals surface area (Å²) < 4.78 is 0. The highest BCUT2D eigenvalue weighted by Crippen LogP contribution is 2.13. The van der Waals surface area contributed by atoms with E-state index >= 15 is 0 Å². The molecule has 0 radical (unpaired) electrons. The second kappa shape index (κ2) is 19.8. The Balaban J connectivity index is 1.10. The number of nitrogens with zero attached hydrogens (tertiary/aromatic N) is 4. The van der Waals surface area contributed by atoms with E-state index in [9.17, 15) is 0 Å². The van der Waals surface area contributed by atoms with Gasteiger partial charge in [0.1, 0.15) is 13.5 Å². The molecule has 0 aliphatic rings. The van der Waals surface area contributed by atoms with Crippen LogP contribution in [0.5, 0.6) is 0 Å². The van der Waals surface area contributed by atoms with Gasteiger partial charge in [0.05, 0.1) is 0 Å². The first-order chi connectivity index (χ1) is 21.6. The molecule has 0 saturated carbocycles. The molecule has 0 amide bonds. The second-order valence-corrected chi connectivity index (χ2v) is 11.6. The Kier molecular flexibility index (Phi) is 15.1. The molecule has 0 spiro atoms. The monoisotopic (exact) mass is 594 g/mol. The first-order valence-corrected chi connectivity index (χ1v) is 15.9. The van der Waals surface area contributed by atoms with E-state index in [2.05, 4.69) is 155 Å². The van der Waals surface area contributed by atoms with Crippen LogP contribution in [0.25, 0.3) is 0 Å². The van der Waals surface area contributed by atoms with Gasteiger partial charge in [0.25, 0.3) is 0 Å². The normalized spacial score (nSPS) is 11.7. The Morgan fingerprint density at radius 2 is 0.659 bits per heavy atom. The summed E-state index contributed by atoms with van der Waals surface area (Å²) in [6.07, 6.45) is 4.76. The van der Waals surface area contributed by atoms with Crippen LogP contribution in [-0.4, -0.2) is 60.6 Å². The van der Waals surface area contributed by atoms with Crippen molar-refractivity contribution in [3.8, 4) is 0 Å². The molecule has 0 aromatic heterocycles. The quantitative estimate of drug-likeness (QED) is 0.0561. The number of hydroxylamine groups is 4. The zero-order valence-corrected chi connectivity index (χ0v) is 26.6. The van der Waals surface area contributed by atoms with E-state index in [0.29, 0.717) is 13.5 Å². The number of benzene rings is 4. The summed E-state index contributed by atoms with van der Waals surface area (Å²) in [5.41, 5.74) is 5.01. The zero-order chi connectivity index (χ0) is 30.7. The Hall–Kier alpha value is -3.36. The lowest BCUT2D eigenvalue weighted by molar-refractivity contribution is -0.202. The van der Waals surface area contributed by atoms with Crippen molar-refractivity contribution in [3.63, 3.8) is 0 Å². The van der Waals surface area contributed by atoms with Crippen molar-refractivity contribution in [1.82, 2.24) is 19.9 Å². The predicted molar refractivity (Wildman–Crippen MR) is 180 cm³/mol. The number of hydrogen-bond acceptors (Lipinski definition) is 6. The molecule has 0 N–H and O–H groups in total. The molecule has 234 valence electrons. The molecule has 6 nitrogen and oxygen atoms in total. The van der Waals surface area contributed by atoms with Gasteiger partial charge in [0.15, 0.2) is 0 Å². The van der Waals surface area contributed by atoms with Gasteiger partial charge in [0, 0.05) is 39.3 Å². The minimum atomic E-state index is 0.586. The molecular formula is C38H50N4O2. The topological polar surface area (TPSA) is 31.4 Å². The van der Waals surface area contributed by atoms with Crippen molar-refractivity contribution in [1.29, 1.82) is 0 Å². The molecule has 0 saturated heterocycles. The standard InChI is InChI=1S/C38H50N4O2/c1-39(33-43-41(29-35-19-9-5-10-20-35)30-36-21-11-6-12-22-36)27-17-3-4-18-28-40(2)34-44-42(31-37-23-13-7-14-24-37)32-38-25-15-8-16-26-38/h5-16,19-26H,3-4,17-18,27-34H2,1-2H3. The number of unbranched alkanes of at least 4 members (excludes halogenated alkanes) is 3. The van der Waals surface area contributed by atoms with Gasteiger partial charge in [-0.25, -0.2) is 0 Å². The summed E-state index contributed by atoms with van der Waals surface area (Å²) in [5, 5.41) is 4.14. The Morgan fingerprint density at radius 3 is 0.932 bits per heavy atom. The van der Waals surface area contributed by atoms with Crippen molar-refractivity contribution >= 4 is 0 Å². The molecule has 4 aromatic carbocycles. The van der Waals surface area contributed by atoms with Crippen molar-refractivity contribution in [3.05, 3.63) is 144 Å². The molecule has 44 heavy (non-hydrogen) atoms. The third-order valence-electron chi connectivity index (χ3n) is 7.56. The molecule has 4 rings (SSSR count). The molecule has 0 aliphatic heterocycles. The minimum Gasteiger partial charge on any atom is -0.283 e. The molecule has 6 heteroatoms. The van der Waals surface area contributed by atoms with E-state index in [1.165, 1.54) is 47.9 Å². The summed E-state index contributed by atoms with van der Waals surface area (Å²) in [7, 11) is 4.29. The largest absolute Gasteiger partial charge is 0.283 e. The minimum absolute atomic E-state index is 0.586. The number of hydrogen-bond donors (Lipinski definition) is 0. The van der Waals surface area contributed by atoms with E-state index < -0.39 is 0 Å². The van der Waals surface area contributed by atoms with Gasteiger partial charge >= 0.3 is 0 Å². The maximum Gasteiger partial charge on any atom is 0.121 e. The van der Waals surface area contributed by atoms with Gasteiger partial charge in [0.2, 0.25) is 0 Å². The Bertz CT molecular complexity index is 1080. The fraction of sp³-hybridized carbons (Fsp3) is 0.368. The van der Waals surface area contributed by atoms with E-state index in [4.69, 9.17) is 9.68 Å². The third kappa shape index (κ3) is 13.5. The second-order valence-electron chi connectivity index (χ2n) is 11.6. The van der Waals surface area contributed by atoms with Gasteiger partial charge in [-0.3, -0.25) is 19.5 Å². The highest BCUT2D eigenvalue weighted by atomic mass is 16.7. The van der Waals surface area contributed by atoms with Crippen molar-refractivity contribution in [2.45, 2.75) is 51.9 Å². The first kappa shape index (κ1) is 33.5. The summed E-state index contributed by atoms with van der Waals surface area (Å²) in [6.45, 7) is 6.27. The lowest BCUT2D eigenvalue weighted by atomic mass is 10.2. The van der Waals surface area contributed by atoms with Crippen LogP contribution >= 0.6 is 0 Å². The molecule has 0 atom stereocenters. The lowest BCUT2D eigenvalue weighted by Gasteiger charge is -2.26. The van der Waals surface area contributed by atoms with E-state index in [1.807, 2.05) is 0 Å². The predicted octanol–water partition coefficient (Wildman–Crippen LogP) is 7.59. The van der Waals surface area contributed by atoms with Crippen LogP contribution in [0.4, 0.5) is 0 Å². The summed E-state index contributed by atoms with van der Waals surface area (Å²) >= 11 is 0. The van der Waals surface area contributed by atoms with Gasteiger partial charge in [-0.2, -0.15) is 10.1 Å². The molecule has 0 fully saturated rings. The van der Waals surface area contributed by atoms with E-state index in [1.54, 1.807) is 0 Å². The Labute approximate surface area is 265 Å². The van der Waals surface area contributed by atoms with Crippen LogP contribution in [0, 0.1) is 0 Å². The van der Waals surface area contributed by atoms with E-state index in [-0.39, 0.29) is 0 Å². The van der Waals surface area contributed by atoms with Crippen LogP contribution in [0.1, 0.15) is 47.9 Å². The number of rotatable bonds is 21. The molecule has 0 unspecified atom stereocenters. The highest BCUT2D eigenvalue weighted by molar-refractivity contribution is 5.18. The molecule has 0 bridgehead atoms. The van der Waals surface area contributed by atoms with Crippen molar-refractivity contribution in [2.75, 3.05) is 40.6 Å². The molecule has 4 aromatic rings. The first-order valence-electron chi connectivity index (χ1n) is 15.9. The average Bonchev–Trinajstić information content (AvgIpc) is 3.06. The Morgan fingerprint density at radius 1 is 0.386 bits per heavy atom. The zero-order valence-electron chi connectivity index (χ0n) is 26.6. The van der Waals surface area contributed by atoms with Crippen LogP contribution < -0.4 is 0 Å². The SMILES string of the molecule is CN(CCCCCCN(C)CON(Cc1ccccc1)Cc1ccccc1)CON(Cc1ccccc1)Cc1ccccc1. The summed E-state index contributed by atoms with van der Waals surface area (Å²) in [4.78, 5) is 17.1. The fourth-order valence-corrected chi connectivity index (χ4v) is 5.05. The summed E-state index contributed by atoms with van der Waals surface area (Å²) in [6, 6.07) is 42.1.